The molecule has 1 saturated heterocycles. The predicted octanol–water partition coefficient (Wildman–Crippen LogP) is 2.20. The number of carbonyl (C=O) groups is 3. The van der Waals surface area contributed by atoms with Crippen molar-refractivity contribution in [3.63, 3.8) is 0 Å². The Labute approximate surface area is 162 Å². The maximum absolute atomic E-state index is 12.5. The Balaban J connectivity index is 1.63. The monoisotopic (exact) mass is 382 g/mol. The summed E-state index contributed by atoms with van der Waals surface area (Å²) < 4.78 is 5.48. The summed E-state index contributed by atoms with van der Waals surface area (Å²) in [6.45, 7) is 2.55. The smallest absolute Gasteiger partial charge is 0.269 e. The summed E-state index contributed by atoms with van der Waals surface area (Å²) in [5.41, 5.74) is 1.58. The molecule has 0 radical (unpaired) electrons. The summed E-state index contributed by atoms with van der Waals surface area (Å²) in [7, 11) is 0. The number of ether oxygens (including phenoxy) is 1. The van der Waals surface area contributed by atoms with Crippen LogP contribution >= 0.6 is 0 Å². The first-order valence-corrected chi connectivity index (χ1v) is 9.06. The first-order chi connectivity index (χ1) is 13.5. The van der Waals surface area contributed by atoms with Gasteiger partial charge in [-0.05, 0) is 43.2 Å². The average Bonchev–Trinajstić information content (AvgIpc) is 3.19. The topological polar surface area (TPSA) is 109 Å². The molecule has 1 aliphatic rings. The van der Waals surface area contributed by atoms with Gasteiger partial charge >= 0.3 is 0 Å². The Morgan fingerprint density at radius 2 is 1.89 bits per heavy atom. The zero-order valence-corrected chi connectivity index (χ0v) is 15.5. The molecule has 0 bridgehead atoms. The van der Waals surface area contributed by atoms with Gasteiger partial charge in [-0.1, -0.05) is 6.07 Å². The fourth-order valence-electron chi connectivity index (χ4n) is 2.88. The maximum Gasteiger partial charge on any atom is 0.269 e. The van der Waals surface area contributed by atoms with E-state index in [0.29, 0.717) is 23.5 Å². The van der Waals surface area contributed by atoms with Crippen LogP contribution in [0.25, 0.3) is 0 Å². The van der Waals surface area contributed by atoms with Gasteiger partial charge in [0.1, 0.15) is 5.69 Å². The second-order valence-electron chi connectivity index (χ2n) is 6.49. The van der Waals surface area contributed by atoms with Crippen molar-refractivity contribution in [2.24, 2.45) is 0 Å². The minimum atomic E-state index is -0.379. The number of aromatic nitrogens is 1. The quantitative estimate of drug-likeness (QED) is 0.710. The van der Waals surface area contributed by atoms with Crippen LogP contribution in [0.4, 0.5) is 11.4 Å². The van der Waals surface area contributed by atoms with E-state index < -0.39 is 0 Å². The van der Waals surface area contributed by atoms with Gasteiger partial charge in [0, 0.05) is 43.2 Å². The molecule has 3 rings (SSSR count). The van der Waals surface area contributed by atoms with E-state index >= 15 is 0 Å². The number of hydrogen-bond donors (Lipinski definition) is 3. The molecule has 1 aliphatic heterocycles. The number of amides is 3. The third-order valence-electron chi connectivity index (χ3n) is 4.21. The zero-order valence-electron chi connectivity index (χ0n) is 15.5. The molecule has 0 aliphatic carbocycles. The van der Waals surface area contributed by atoms with Crippen molar-refractivity contribution >= 4 is 29.1 Å². The summed E-state index contributed by atoms with van der Waals surface area (Å²) >= 11 is 0. The first-order valence-electron chi connectivity index (χ1n) is 9.06. The number of rotatable bonds is 6. The van der Waals surface area contributed by atoms with Gasteiger partial charge in [0.25, 0.3) is 11.8 Å². The summed E-state index contributed by atoms with van der Waals surface area (Å²) in [6.07, 6.45) is 3.38. The van der Waals surface area contributed by atoms with Crippen LogP contribution in [-0.4, -0.2) is 42.0 Å². The van der Waals surface area contributed by atoms with Crippen LogP contribution in [0.2, 0.25) is 0 Å². The molecule has 3 N–H and O–H groups in total. The number of pyridine rings is 1. The van der Waals surface area contributed by atoms with Crippen molar-refractivity contribution in [2.45, 2.75) is 25.9 Å². The molecule has 0 spiro atoms. The van der Waals surface area contributed by atoms with Crippen LogP contribution in [0, 0.1) is 0 Å². The van der Waals surface area contributed by atoms with Crippen molar-refractivity contribution in [2.75, 3.05) is 23.8 Å². The second-order valence-corrected chi connectivity index (χ2v) is 6.49. The molecule has 146 valence electrons. The van der Waals surface area contributed by atoms with E-state index in [9.17, 15) is 14.4 Å². The van der Waals surface area contributed by atoms with Gasteiger partial charge < -0.3 is 20.7 Å². The lowest BCUT2D eigenvalue weighted by molar-refractivity contribution is -0.114. The molecular weight excluding hydrogens is 360 g/mol. The number of nitrogens with zero attached hydrogens (tertiary/aromatic N) is 1. The van der Waals surface area contributed by atoms with Gasteiger partial charge in [-0.3, -0.25) is 19.4 Å². The molecule has 2 aromatic rings. The highest BCUT2D eigenvalue weighted by atomic mass is 16.5. The highest BCUT2D eigenvalue weighted by Crippen LogP contribution is 2.16. The van der Waals surface area contributed by atoms with Gasteiger partial charge in [-0.25, -0.2) is 0 Å². The van der Waals surface area contributed by atoms with Gasteiger partial charge in [0.2, 0.25) is 5.91 Å². The highest BCUT2D eigenvalue weighted by Gasteiger charge is 2.18. The van der Waals surface area contributed by atoms with E-state index in [0.717, 1.165) is 19.4 Å². The van der Waals surface area contributed by atoms with E-state index in [1.807, 2.05) is 0 Å². The average molecular weight is 382 g/mol. The molecule has 1 unspecified atom stereocenters. The van der Waals surface area contributed by atoms with Gasteiger partial charge in [-0.2, -0.15) is 0 Å². The zero-order chi connectivity index (χ0) is 19.9. The van der Waals surface area contributed by atoms with Crippen molar-refractivity contribution in [1.82, 2.24) is 10.3 Å². The van der Waals surface area contributed by atoms with Crippen LogP contribution in [0.15, 0.2) is 42.6 Å². The summed E-state index contributed by atoms with van der Waals surface area (Å²) in [5, 5.41) is 8.19. The van der Waals surface area contributed by atoms with E-state index in [4.69, 9.17) is 4.74 Å². The van der Waals surface area contributed by atoms with Crippen molar-refractivity contribution < 1.29 is 19.1 Å². The van der Waals surface area contributed by atoms with E-state index in [-0.39, 0.29) is 29.5 Å². The molecule has 28 heavy (non-hydrogen) atoms. The molecule has 1 aromatic carbocycles. The SMILES string of the molecule is CC(=O)Nc1cccc(NC(=O)c2ccnc(C(=O)NCC3CCCO3)c2)c1. The normalized spacial score (nSPS) is 15.7. The second kappa shape index (κ2) is 9.09. The van der Waals surface area contributed by atoms with E-state index in [2.05, 4.69) is 20.9 Å². The van der Waals surface area contributed by atoms with Crippen molar-refractivity contribution in [3.8, 4) is 0 Å². The maximum atomic E-state index is 12.5. The van der Waals surface area contributed by atoms with Crippen LogP contribution in [0.5, 0.6) is 0 Å². The lowest BCUT2D eigenvalue weighted by Gasteiger charge is -2.11. The van der Waals surface area contributed by atoms with Crippen LogP contribution in [0.1, 0.15) is 40.6 Å². The predicted molar refractivity (Wildman–Crippen MR) is 104 cm³/mol. The van der Waals surface area contributed by atoms with Gasteiger partial charge in [-0.15, -0.1) is 0 Å². The summed E-state index contributed by atoms with van der Waals surface area (Å²) in [5.74, 6) is -0.926. The fourth-order valence-corrected chi connectivity index (χ4v) is 2.88. The first kappa shape index (κ1) is 19.5. The summed E-state index contributed by atoms with van der Waals surface area (Å²) in [6, 6.07) is 9.77. The fraction of sp³-hybridized carbons (Fsp3) is 0.300. The Bertz CT molecular complexity index is 878. The van der Waals surface area contributed by atoms with Crippen LogP contribution in [0.3, 0.4) is 0 Å². The number of nitrogens with one attached hydrogen (secondary N) is 3. The Hall–Kier alpha value is -3.26. The minimum Gasteiger partial charge on any atom is -0.376 e. The number of carbonyl (C=O) groups excluding carboxylic acids is 3. The molecule has 1 atom stereocenters. The molecule has 1 fully saturated rings. The molecule has 8 heteroatoms. The Morgan fingerprint density at radius 3 is 2.61 bits per heavy atom. The molecule has 0 saturated carbocycles. The third kappa shape index (κ3) is 5.37. The largest absolute Gasteiger partial charge is 0.376 e. The standard InChI is InChI=1S/C20H22N4O4/c1-13(25)23-15-4-2-5-16(11-15)24-19(26)14-7-8-21-18(10-14)20(27)22-12-17-6-3-9-28-17/h2,4-5,7-8,10-11,17H,3,6,9,12H2,1H3,(H,22,27)(H,23,25)(H,24,26). The molecule has 2 heterocycles. The molecular formula is C20H22N4O4. The lowest BCUT2D eigenvalue weighted by atomic mass is 10.2. The number of anilines is 2. The number of benzene rings is 1. The van der Waals surface area contributed by atoms with Gasteiger partial charge in [0.15, 0.2) is 0 Å². The van der Waals surface area contributed by atoms with Crippen LogP contribution < -0.4 is 16.0 Å². The third-order valence-corrected chi connectivity index (χ3v) is 4.21. The Morgan fingerprint density at radius 1 is 1.11 bits per heavy atom. The highest BCUT2D eigenvalue weighted by molar-refractivity contribution is 6.06. The molecule has 3 amide bonds. The van der Waals surface area contributed by atoms with Crippen molar-refractivity contribution in [3.05, 3.63) is 53.9 Å². The van der Waals surface area contributed by atoms with Gasteiger partial charge in [0.05, 0.1) is 6.10 Å². The minimum absolute atomic E-state index is 0.0336. The lowest BCUT2D eigenvalue weighted by Crippen LogP contribution is -2.32. The molecule has 1 aromatic heterocycles. The van der Waals surface area contributed by atoms with E-state index in [1.54, 1.807) is 24.3 Å². The summed E-state index contributed by atoms with van der Waals surface area (Å²) in [4.78, 5) is 40.0. The number of hydrogen-bond acceptors (Lipinski definition) is 5. The van der Waals surface area contributed by atoms with Crippen molar-refractivity contribution in [1.29, 1.82) is 0 Å². The van der Waals surface area contributed by atoms with E-state index in [1.165, 1.54) is 25.3 Å². The molecule has 8 nitrogen and oxygen atoms in total. The van der Waals surface area contributed by atoms with Crippen LogP contribution in [-0.2, 0) is 9.53 Å². The Kier molecular flexibility index (Phi) is 6.33.